The minimum absolute atomic E-state index is 0.0903. The number of carbonyl (C=O) groups excluding carboxylic acids is 2. The lowest BCUT2D eigenvalue weighted by Gasteiger charge is -2.35. The van der Waals surface area contributed by atoms with E-state index >= 15 is 0 Å². The minimum atomic E-state index is -2.75. The second-order valence-corrected chi connectivity index (χ2v) is 21.6. The fourth-order valence-electron chi connectivity index (χ4n) is 9.23. The number of amides is 2. The number of nitrogens with one attached hydrogen (secondary N) is 5. The number of pyridine rings is 1. The van der Waals surface area contributed by atoms with Gasteiger partial charge in [-0.1, -0.05) is 19.9 Å². The van der Waals surface area contributed by atoms with E-state index < -0.39 is 36.6 Å². The molecule has 2 amide bonds. The monoisotopic (exact) mass is 1010 g/mol. The molecule has 2 saturated heterocycles. The van der Waals surface area contributed by atoms with Crippen LogP contribution < -0.4 is 47.3 Å². The average Bonchev–Trinajstić information content (AvgIpc) is 3.64. The number of aryl methyl sites for hydroxylation is 3. The van der Waals surface area contributed by atoms with Crippen molar-refractivity contribution < 1.29 is 27.7 Å². The molecule has 5 heterocycles. The number of halogens is 2. The highest BCUT2D eigenvalue weighted by molar-refractivity contribution is 9.10. The molecule has 2 aliphatic heterocycles. The number of fused-ring (bicyclic) bond motifs is 2. The van der Waals surface area contributed by atoms with Crippen LogP contribution in [0.4, 0.5) is 33.2 Å². The molecular weight excluding hydrogens is 954 g/mol. The number of hydrogen-bond donors (Lipinski definition) is 5. The van der Waals surface area contributed by atoms with Crippen LogP contribution in [0.1, 0.15) is 75.7 Å². The van der Waals surface area contributed by atoms with Crippen LogP contribution in [0.3, 0.4) is 0 Å². The van der Waals surface area contributed by atoms with E-state index in [1.54, 1.807) is 19.5 Å². The molecule has 360 valence electrons. The van der Waals surface area contributed by atoms with E-state index in [1.807, 2.05) is 31.2 Å². The van der Waals surface area contributed by atoms with Crippen molar-refractivity contribution in [3.63, 3.8) is 0 Å². The van der Waals surface area contributed by atoms with Crippen molar-refractivity contribution in [2.75, 3.05) is 68.2 Å². The molecule has 6 aromatic rings. The summed E-state index contributed by atoms with van der Waals surface area (Å²) in [5.41, 5.74) is 6.62. The lowest BCUT2D eigenvalue weighted by molar-refractivity contribution is -0.135. The van der Waals surface area contributed by atoms with Crippen LogP contribution in [-0.4, -0.2) is 90.0 Å². The highest BCUT2D eigenvalue weighted by atomic mass is 79.9. The molecule has 19 heteroatoms. The molecule has 3 aromatic heterocycles. The number of aromatic nitrogens is 4. The van der Waals surface area contributed by atoms with Crippen molar-refractivity contribution in [2.24, 2.45) is 0 Å². The first-order valence-electron chi connectivity index (χ1n) is 23.4. The van der Waals surface area contributed by atoms with Crippen LogP contribution >= 0.6 is 23.1 Å². The Kier molecular flexibility index (Phi) is 15.3. The van der Waals surface area contributed by atoms with Crippen molar-refractivity contribution in [2.45, 2.75) is 84.2 Å². The first-order chi connectivity index (χ1) is 32.7. The van der Waals surface area contributed by atoms with Crippen molar-refractivity contribution >= 4 is 91.0 Å². The molecule has 0 bridgehead atoms. The van der Waals surface area contributed by atoms with E-state index in [9.17, 15) is 23.3 Å². The van der Waals surface area contributed by atoms with Gasteiger partial charge in [-0.25, -0.2) is 14.2 Å². The molecular formula is C49H59BrFN10O6P. The highest BCUT2D eigenvalue weighted by Crippen LogP contribution is 2.42. The molecule has 8 rings (SSSR count). The number of ether oxygens (including phenoxy) is 1. The summed E-state index contributed by atoms with van der Waals surface area (Å²) >= 11 is 3.62. The molecule has 0 radical (unpaired) electrons. The fourth-order valence-corrected chi connectivity index (χ4v) is 11.0. The van der Waals surface area contributed by atoms with E-state index in [-0.39, 0.29) is 23.9 Å². The standard InChI is InChI=1S/C49H59BrFN10O6P/c1-6-29-25-38(57-48-54-28-35(50)46(59-48)56-37-14-13-36-34(45(37)68(4,5)65)12-11-32(7-2)55-36)42(66-8-3)27-40(29)60-22-17-33(18-23-60)53-21-20-52-19-9-10-30-24-31(51)26-41-44(30)67-49(64)61(41)39-15-16-43(62)58-47(39)63/h11-14,24-28,33,39,52-53H,6-10,15-23H2,1-5H3,(H,58,62,63)(H2,54,56,57,59). The van der Waals surface area contributed by atoms with Gasteiger partial charge >= 0.3 is 5.76 Å². The number of piperidine rings is 2. The largest absolute Gasteiger partial charge is 0.492 e. The molecule has 16 nitrogen and oxygen atoms in total. The van der Waals surface area contributed by atoms with E-state index in [0.717, 1.165) is 89.7 Å². The molecule has 2 fully saturated rings. The summed E-state index contributed by atoms with van der Waals surface area (Å²) < 4.78 is 42.0. The van der Waals surface area contributed by atoms with Gasteiger partial charge in [0.05, 0.1) is 33.5 Å². The van der Waals surface area contributed by atoms with Gasteiger partial charge in [-0.3, -0.25) is 24.5 Å². The van der Waals surface area contributed by atoms with Gasteiger partial charge in [-0.2, -0.15) is 4.98 Å². The lowest BCUT2D eigenvalue weighted by Crippen LogP contribution is -2.44. The quantitative estimate of drug-likeness (QED) is 0.0299. The summed E-state index contributed by atoms with van der Waals surface area (Å²) in [4.78, 5) is 53.6. The van der Waals surface area contributed by atoms with Gasteiger partial charge in [-0.05, 0) is 124 Å². The smallest absolute Gasteiger partial charge is 0.420 e. The number of benzene rings is 3. The summed E-state index contributed by atoms with van der Waals surface area (Å²) in [6.07, 6.45) is 6.68. The number of anilines is 5. The van der Waals surface area contributed by atoms with Crippen LogP contribution in [0.15, 0.2) is 68.4 Å². The number of imide groups is 1. The molecule has 0 saturated carbocycles. The zero-order chi connectivity index (χ0) is 48.1. The molecule has 1 unspecified atom stereocenters. The average molecular weight is 1010 g/mol. The van der Waals surface area contributed by atoms with Crippen LogP contribution in [0.2, 0.25) is 0 Å². The third kappa shape index (κ3) is 10.9. The summed E-state index contributed by atoms with van der Waals surface area (Å²) in [6, 6.07) is 14.1. The number of carbonyl (C=O) groups is 2. The third-order valence-corrected chi connectivity index (χ3v) is 14.7. The van der Waals surface area contributed by atoms with Gasteiger partial charge in [0.25, 0.3) is 0 Å². The number of nitrogens with zero attached hydrogens (tertiary/aromatic N) is 5. The lowest BCUT2D eigenvalue weighted by atomic mass is 10.0. The molecule has 5 N–H and O–H groups in total. The maximum Gasteiger partial charge on any atom is 0.420 e. The summed E-state index contributed by atoms with van der Waals surface area (Å²) in [7, 11) is -2.75. The SMILES string of the molecule is CCOc1cc(N2CCC(NCCNCCCc3cc(F)cc4c3oc(=O)n4C3CCC(=O)NC3=O)CC2)c(CC)cc1Nc1ncc(Br)c(Nc2ccc3nc(CC)ccc3c2P(C)(C)=O)n1. The van der Waals surface area contributed by atoms with E-state index in [1.165, 1.54) is 17.7 Å². The van der Waals surface area contributed by atoms with Crippen LogP contribution in [0.5, 0.6) is 5.75 Å². The van der Waals surface area contributed by atoms with Gasteiger partial charge in [0, 0.05) is 84.6 Å². The Morgan fingerprint density at radius 3 is 2.47 bits per heavy atom. The van der Waals surface area contributed by atoms with Crippen LogP contribution in [0.25, 0.3) is 22.0 Å². The molecule has 2 aliphatic rings. The Hall–Kier alpha value is -5.68. The summed E-state index contributed by atoms with van der Waals surface area (Å²) in [6.45, 7) is 14.2. The van der Waals surface area contributed by atoms with E-state index in [4.69, 9.17) is 19.1 Å². The zero-order valence-corrected chi connectivity index (χ0v) is 41.6. The maximum absolute atomic E-state index is 14.8. The van der Waals surface area contributed by atoms with Crippen molar-refractivity contribution in [1.82, 2.24) is 35.5 Å². The topological polar surface area (TPSA) is 198 Å². The molecule has 1 atom stereocenters. The number of hydrogen-bond acceptors (Lipinski definition) is 14. The Morgan fingerprint density at radius 1 is 0.926 bits per heavy atom. The molecule has 0 spiro atoms. The first kappa shape index (κ1) is 48.8. The van der Waals surface area contributed by atoms with Crippen LogP contribution in [-0.2, 0) is 33.4 Å². The predicted molar refractivity (Wildman–Crippen MR) is 270 cm³/mol. The van der Waals surface area contributed by atoms with Crippen molar-refractivity contribution in [3.8, 4) is 5.75 Å². The summed E-state index contributed by atoms with van der Waals surface area (Å²) in [5.74, 6) is -0.653. The van der Waals surface area contributed by atoms with Gasteiger partial charge < -0.3 is 39.9 Å². The Balaban J connectivity index is 0.847. The van der Waals surface area contributed by atoms with Crippen molar-refractivity contribution in [1.29, 1.82) is 0 Å². The Labute approximate surface area is 403 Å². The fraction of sp³-hybridized carbons (Fsp3) is 0.429. The van der Waals surface area contributed by atoms with Gasteiger partial charge in [0.15, 0.2) is 5.58 Å². The Morgan fingerprint density at radius 2 is 1.74 bits per heavy atom. The molecule has 3 aromatic carbocycles. The molecule has 0 aliphatic carbocycles. The van der Waals surface area contributed by atoms with E-state index in [2.05, 4.69) is 78.4 Å². The maximum atomic E-state index is 14.8. The summed E-state index contributed by atoms with van der Waals surface area (Å²) in [5, 5.41) is 17.9. The van der Waals surface area contributed by atoms with Crippen molar-refractivity contribution in [3.05, 3.63) is 92.4 Å². The number of oxazole rings is 1. The minimum Gasteiger partial charge on any atom is -0.492 e. The second-order valence-electron chi connectivity index (χ2n) is 17.6. The highest BCUT2D eigenvalue weighted by Gasteiger charge is 2.32. The third-order valence-electron chi connectivity index (χ3n) is 12.6. The van der Waals surface area contributed by atoms with Crippen LogP contribution in [0, 0.1) is 5.82 Å². The van der Waals surface area contributed by atoms with Gasteiger partial charge in [0.1, 0.15) is 30.6 Å². The van der Waals surface area contributed by atoms with E-state index in [0.29, 0.717) is 65.3 Å². The predicted octanol–water partition coefficient (Wildman–Crippen LogP) is 7.85. The Bertz CT molecular complexity index is 2950. The molecule has 68 heavy (non-hydrogen) atoms. The number of rotatable bonds is 19. The van der Waals surface area contributed by atoms with Gasteiger partial charge in [0.2, 0.25) is 17.8 Å². The van der Waals surface area contributed by atoms with Gasteiger partial charge in [-0.15, -0.1) is 0 Å². The second kappa shape index (κ2) is 21.3. The first-order valence-corrected chi connectivity index (χ1v) is 26.8. The normalized spacial score (nSPS) is 15.9. The zero-order valence-electron chi connectivity index (χ0n) is 39.1.